The lowest BCUT2D eigenvalue weighted by atomic mass is 9.78. The number of aldehydes is 1. The number of hydrogen-bond acceptors (Lipinski definition) is 8. The molecule has 2 unspecified atom stereocenters. The number of carbonyl (C=O) groups excluding carboxylic acids is 2. The predicted octanol–water partition coefficient (Wildman–Crippen LogP) is 3.38. The van der Waals surface area contributed by atoms with Gasteiger partial charge in [0.2, 0.25) is 0 Å². The number of methoxy groups -OCH3 is 4. The Morgan fingerprint density at radius 3 is 2.44 bits per heavy atom. The van der Waals surface area contributed by atoms with Gasteiger partial charge in [-0.3, -0.25) is 4.90 Å². The summed E-state index contributed by atoms with van der Waals surface area (Å²) in [6, 6.07) is 14.4. The first-order chi connectivity index (χ1) is 16.4. The standard InChI is InChI=1S/C26H32N2O6/c1-28(14-12-19-9-10-22(31-2)23(15-19)32-3)24(33-4)11-13-26(17-27,18-29)21-8-6-7-20(16-21)25(30)34-5/h6-10,15-16,18,24H,11-14H2,1-5H3. The maximum absolute atomic E-state index is 12.1. The Labute approximate surface area is 201 Å². The summed E-state index contributed by atoms with van der Waals surface area (Å²) in [5, 5.41) is 9.91. The Bertz CT molecular complexity index is 1020. The number of ether oxygens (including phenoxy) is 4. The van der Waals surface area contributed by atoms with Crippen LogP contribution >= 0.6 is 0 Å². The molecule has 0 aliphatic heterocycles. The largest absolute Gasteiger partial charge is 0.493 e. The Morgan fingerprint density at radius 1 is 1.12 bits per heavy atom. The molecule has 2 rings (SSSR count). The molecule has 0 amide bonds. The smallest absolute Gasteiger partial charge is 0.337 e. The molecule has 0 N–H and O–H groups in total. The average molecular weight is 469 g/mol. The Hall–Kier alpha value is -3.41. The third kappa shape index (κ3) is 6.34. The fourth-order valence-electron chi connectivity index (χ4n) is 3.81. The second-order valence-corrected chi connectivity index (χ2v) is 7.92. The van der Waals surface area contributed by atoms with E-state index in [9.17, 15) is 14.9 Å². The molecule has 34 heavy (non-hydrogen) atoms. The number of likely N-dealkylation sites (N-methyl/N-ethyl adjacent to an activating group) is 1. The van der Waals surface area contributed by atoms with E-state index >= 15 is 0 Å². The molecule has 0 spiro atoms. The number of nitrogens with zero attached hydrogens (tertiary/aromatic N) is 2. The van der Waals surface area contributed by atoms with Crippen LogP contribution in [0.5, 0.6) is 11.5 Å². The number of hydrogen-bond donors (Lipinski definition) is 0. The van der Waals surface area contributed by atoms with Crippen molar-refractivity contribution in [2.24, 2.45) is 0 Å². The van der Waals surface area contributed by atoms with Crippen molar-refractivity contribution in [3.8, 4) is 17.6 Å². The molecule has 0 aromatic heterocycles. The van der Waals surface area contributed by atoms with E-state index in [-0.39, 0.29) is 18.2 Å². The molecule has 0 bridgehead atoms. The van der Waals surface area contributed by atoms with Crippen LogP contribution in [-0.2, 0) is 26.1 Å². The van der Waals surface area contributed by atoms with Crippen molar-refractivity contribution in [3.63, 3.8) is 0 Å². The summed E-state index contributed by atoms with van der Waals surface area (Å²) in [6.07, 6.45) is 1.75. The number of nitriles is 1. The van der Waals surface area contributed by atoms with Gasteiger partial charge in [-0.05, 0) is 61.7 Å². The van der Waals surface area contributed by atoms with E-state index in [4.69, 9.17) is 18.9 Å². The second kappa shape index (κ2) is 12.7. The summed E-state index contributed by atoms with van der Waals surface area (Å²) in [5.41, 5.74) is 0.427. The highest BCUT2D eigenvalue weighted by Crippen LogP contribution is 2.30. The zero-order chi connectivity index (χ0) is 25.1. The predicted molar refractivity (Wildman–Crippen MR) is 127 cm³/mol. The lowest BCUT2D eigenvalue weighted by Gasteiger charge is -2.29. The topological polar surface area (TPSA) is 98.1 Å². The minimum absolute atomic E-state index is 0.233. The third-order valence-electron chi connectivity index (χ3n) is 5.95. The van der Waals surface area contributed by atoms with Gasteiger partial charge in [-0.1, -0.05) is 18.2 Å². The van der Waals surface area contributed by atoms with E-state index < -0.39 is 11.4 Å². The first-order valence-corrected chi connectivity index (χ1v) is 10.9. The normalized spacial score (nSPS) is 13.4. The van der Waals surface area contributed by atoms with E-state index in [1.807, 2.05) is 30.1 Å². The summed E-state index contributed by atoms with van der Waals surface area (Å²) < 4.78 is 21.1. The summed E-state index contributed by atoms with van der Waals surface area (Å²) in [6.45, 7) is 0.687. The molecular weight excluding hydrogens is 436 g/mol. The first kappa shape index (κ1) is 26.8. The molecule has 0 saturated heterocycles. The Kier molecular flexibility index (Phi) is 10.0. The molecular formula is C26H32N2O6. The van der Waals surface area contributed by atoms with Crippen molar-refractivity contribution in [1.29, 1.82) is 5.26 Å². The lowest BCUT2D eigenvalue weighted by molar-refractivity contribution is -0.111. The average Bonchev–Trinajstić information content (AvgIpc) is 2.89. The van der Waals surface area contributed by atoms with Gasteiger partial charge < -0.3 is 23.7 Å². The van der Waals surface area contributed by atoms with Gasteiger partial charge in [0.15, 0.2) is 11.5 Å². The molecule has 2 atom stereocenters. The van der Waals surface area contributed by atoms with Gasteiger partial charge in [-0.15, -0.1) is 0 Å². The van der Waals surface area contributed by atoms with E-state index in [2.05, 4.69) is 6.07 Å². The molecule has 8 heteroatoms. The maximum atomic E-state index is 12.1. The highest BCUT2D eigenvalue weighted by molar-refractivity contribution is 5.90. The summed E-state index contributed by atoms with van der Waals surface area (Å²) in [5.74, 6) is 0.821. The molecule has 0 radical (unpaired) electrons. The van der Waals surface area contributed by atoms with Crippen LogP contribution in [-0.4, -0.2) is 65.4 Å². The van der Waals surface area contributed by atoms with Crippen LogP contribution in [0.2, 0.25) is 0 Å². The SMILES string of the molecule is COC(=O)c1cccc(C(C#N)(C=O)CCC(OC)N(C)CCc2ccc(OC)c(OC)c2)c1. The highest BCUT2D eigenvalue weighted by atomic mass is 16.5. The molecule has 0 saturated carbocycles. The van der Waals surface area contributed by atoms with Gasteiger partial charge >= 0.3 is 5.97 Å². The van der Waals surface area contributed by atoms with Crippen molar-refractivity contribution in [2.45, 2.75) is 30.9 Å². The van der Waals surface area contributed by atoms with Gasteiger partial charge in [0, 0.05) is 13.7 Å². The molecule has 2 aromatic rings. The monoisotopic (exact) mass is 468 g/mol. The van der Waals surface area contributed by atoms with Crippen LogP contribution in [0.15, 0.2) is 42.5 Å². The van der Waals surface area contributed by atoms with Crippen LogP contribution in [0, 0.1) is 11.3 Å². The number of esters is 1. The van der Waals surface area contributed by atoms with E-state index in [0.717, 1.165) is 12.0 Å². The van der Waals surface area contributed by atoms with Crippen molar-refractivity contribution < 1.29 is 28.5 Å². The summed E-state index contributed by atoms with van der Waals surface area (Å²) >= 11 is 0. The zero-order valence-electron chi connectivity index (χ0n) is 20.4. The molecule has 182 valence electrons. The number of benzene rings is 2. The minimum Gasteiger partial charge on any atom is -0.493 e. The van der Waals surface area contributed by atoms with Crippen LogP contribution in [0.3, 0.4) is 0 Å². The minimum atomic E-state index is -1.40. The fourth-order valence-corrected chi connectivity index (χ4v) is 3.81. The van der Waals surface area contributed by atoms with E-state index in [0.29, 0.717) is 36.3 Å². The number of rotatable bonds is 13. The zero-order valence-corrected chi connectivity index (χ0v) is 20.4. The van der Waals surface area contributed by atoms with Crippen LogP contribution in [0.25, 0.3) is 0 Å². The first-order valence-electron chi connectivity index (χ1n) is 10.9. The van der Waals surface area contributed by atoms with Gasteiger partial charge in [-0.25, -0.2) is 4.79 Å². The van der Waals surface area contributed by atoms with Crippen LogP contribution < -0.4 is 9.47 Å². The van der Waals surface area contributed by atoms with Gasteiger partial charge in [-0.2, -0.15) is 5.26 Å². The third-order valence-corrected chi connectivity index (χ3v) is 5.95. The maximum Gasteiger partial charge on any atom is 0.337 e. The van der Waals surface area contributed by atoms with Crippen molar-refractivity contribution in [3.05, 3.63) is 59.2 Å². The van der Waals surface area contributed by atoms with Crippen molar-refractivity contribution in [2.75, 3.05) is 42.0 Å². The van der Waals surface area contributed by atoms with E-state index in [1.54, 1.807) is 39.5 Å². The molecule has 0 heterocycles. The molecule has 0 aliphatic rings. The molecule has 8 nitrogen and oxygen atoms in total. The van der Waals surface area contributed by atoms with E-state index in [1.165, 1.54) is 13.2 Å². The Morgan fingerprint density at radius 2 is 1.85 bits per heavy atom. The van der Waals surface area contributed by atoms with Gasteiger partial charge in [0.1, 0.15) is 17.9 Å². The Balaban J connectivity index is 2.10. The molecule has 0 fully saturated rings. The lowest BCUT2D eigenvalue weighted by Crippen LogP contribution is -2.37. The van der Waals surface area contributed by atoms with Gasteiger partial charge in [0.05, 0.1) is 33.0 Å². The van der Waals surface area contributed by atoms with Gasteiger partial charge in [0.25, 0.3) is 0 Å². The van der Waals surface area contributed by atoms with Crippen LogP contribution in [0.1, 0.15) is 34.3 Å². The number of carbonyl (C=O) groups is 2. The highest BCUT2D eigenvalue weighted by Gasteiger charge is 2.34. The quantitative estimate of drug-likeness (QED) is 0.251. The summed E-state index contributed by atoms with van der Waals surface area (Å²) in [7, 11) is 8.02. The molecule has 0 aliphatic carbocycles. The fraction of sp³-hybridized carbons (Fsp3) is 0.423. The van der Waals surface area contributed by atoms with Crippen LogP contribution in [0.4, 0.5) is 0 Å². The second-order valence-electron chi connectivity index (χ2n) is 7.92. The summed E-state index contributed by atoms with van der Waals surface area (Å²) in [4.78, 5) is 26.0. The van der Waals surface area contributed by atoms with Crippen molar-refractivity contribution in [1.82, 2.24) is 4.90 Å². The molecule has 2 aromatic carbocycles. The van der Waals surface area contributed by atoms with Crippen molar-refractivity contribution >= 4 is 12.3 Å².